The van der Waals surface area contributed by atoms with Crippen molar-refractivity contribution in [1.82, 2.24) is 0 Å². The summed E-state index contributed by atoms with van der Waals surface area (Å²) in [5, 5.41) is 2.79. The average molecular weight is 373 g/mol. The van der Waals surface area contributed by atoms with E-state index < -0.39 is 18.5 Å². The van der Waals surface area contributed by atoms with E-state index in [1.54, 1.807) is 0 Å². The Bertz CT molecular complexity index is 965. The quantitative estimate of drug-likeness (QED) is 0.504. The van der Waals surface area contributed by atoms with Gasteiger partial charge in [-0.1, -0.05) is 60.7 Å². The van der Waals surface area contributed by atoms with Gasteiger partial charge in [-0.25, -0.2) is 4.79 Å². The van der Waals surface area contributed by atoms with Gasteiger partial charge < -0.3 is 10.1 Å². The first-order valence-corrected chi connectivity index (χ1v) is 8.80. The van der Waals surface area contributed by atoms with E-state index in [1.165, 1.54) is 24.3 Å². The molecular weight excluding hydrogens is 354 g/mol. The van der Waals surface area contributed by atoms with Gasteiger partial charge in [0.15, 0.2) is 6.61 Å². The van der Waals surface area contributed by atoms with E-state index in [2.05, 4.69) is 5.32 Å². The lowest BCUT2D eigenvalue weighted by atomic mass is 10.0. The van der Waals surface area contributed by atoms with Crippen molar-refractivity contribution in [2.24, 2.45) is 0 Å². The van der Waals surface area contributed by atoms with Crippen molar-refractivity contribution in [2.75, 3.05) is 11.9 Å². The molecule has 0 fully saturated rings. The van der Waals surface area contributed by atoms with Crippen LogP contribution in [0.15, 0.2) is 78.9 Å². The van der Waals surface area contributed by atoms with Crippen LogP contribution in [0.25, 0.3) is 0 Å². The molecule has 0 atom stereocenters. The molecule has 0 saturated carbocycles. The molecule has 28 heavy (non-hydrogen) atoms. The van der Waals surface area contributed by atoms with E-state index in [-0.39, 0.29) is 5.56 Å². The molecule has 5 heteroatoms. The largest absolute Gasteiger partial charge is 0.452 e. The smallest absolute Gasteiger partial charge is 0.338 e. The van der Waals surface area contributed by atoms with Gasteiger partial charge in [-0.3, -0.25) is 9.59 Å². The van der Waals surface area contributed by atoms with Crippen molar-refractivity contribution < 1.29 is 19.1 Å². The van der Waals surface area contributed by atoms with Gasteiger partial charge in [0.25, 0.3) is 5.91 Å². The van der Waals surface area contributed by atoms with Crippen LogP contribution in [0.3, 0.4) is 0 Å². The summed E-state index contributed by atoms with van der Waals surface area (Å²) in [6.45, 7) is -0.395. The summed E-state index contributed by atoms with van der Waals surface area (Å²) in [5.41, 5.74) is 3.53. The van der Waals surface area contributed by atoms with Crippen LogP contribution in [-0.2, 0) is 16.0 Å². The van der Waals surface area contributed by atoms with Crippen molar-refractivity contribution >= 4 is 23.9 Å². The minimum Gasteiger partial charge on any atom is -0.452 e. The van der Waals surface area contributed by atoms with E-state index in [0.717, 1.165) is 11.1 Å². The molecule has 0 saturated heterocycles. The second-order valence-electron chi connectivity index (χ2n) is 6.18. The molecule has 0 unspecified atom stereocenters. The zero-order valence-electron chi connectivity index (χ0n) is 15.1. The zero-order chi connectivity index (χ0) is 19.8. The Labute approximate surface area is 163 Å². The predicted octanol–water partition coefficient (Wildman–Crippen LogP) is 3.89. The van der Waals surface area contributed by atoms with Crippen LogP contribution in [0.5, 0.6) is 0 Å². The number of aldehydes is 1. The molecule has 5 nitrogen and oxygen atoms in total. The lowest BCUT2D eigenvalue weighted by Gasteiger charge is -2.11. The number of hydrogen-bond donors (Lipinski definition) is 1. The SMILES string of the molecule is O=Cc1ccc(C(=O)OCC(=O)Nc2ccccc2Cc2ccccc2)cc1. The summed E-state index contributed by atoms with van der Waals surface area (Å²) >= 11 is 0. The number of ether oxygens (including phenoxy) is 1. The van der Waals surface area contributed by atoms with Gasteiger partial charge in [-0.2, -0.15) is 0 Å². The third kappa shape index (κ3) is 5.14. The second kappa shape index (κ2) is 9.28. The Kier molecular flexibility index (Phi) is 6.31. The number of amides is 1. The fourth-order valence-electron chi connectivity index (χ4n) is 2.71. The third-order valence-electron chi connectivity index (χ3n) is 4.15. The summed E-state index contributed by atoms with van der Waals surface area (Å²) in [5.74, 6) is -1.04. The molecular formula is C23H19NO4. The highest BCUT2D eigenvalue weighted by molar-refractivity contribution is 5.96. The fraction of sp³-hybridized carbons (Fsp3) is 0.0870. The Hall–Kier alpha value is -3.73. The summed E-state index contributed by atoms with van der Waals surface area (Å²) in [7, 11) is 0. The van der Waals surface area contributed by atoms with Crippen molar-refractivity contribution in [2.45, 2.75) is 6.42 Å². The molecule has 0 aromatic heterocycles. The number of carbonyl (C=O) groups excluding carboxylic acids is 3. The van der Waals surface area contributed by atoms with Crippen LogP contribution in [0.2, 0.25) is 0 Å². The monoisotopic (exact) mass is 373 g/mol. The maximum Gasteiger partial charge on any atom is 0.338 e. The van der Waals surface area contributed by atoms with Gasteiger partial charge in [0, 0.05) is 11.3 Å². The molecule has 3 aromatic rings. The summed E-state index contributed by atoms with van der Waals surface area (Å²) < 4.78 is 5.05. The molecule has 0 spiro atoms. The number of benzene rings is 3. The van der Waals surface area contributed by atoms with E-state index >= 15 is 0 Å². The minimum atomic E-state index is -0.620. The van der Waals surface area contributed by atoms with Crippen LogP contribution >= 0.6 is 0 Å². The molecule has 1 N–H and O–H groups in total. The standard InChI is InChI=1S/C23H19NO4/c25-15-18-10-12-19(13-11-18)23(27)28-16-22(26)24-21-9-5-4-8-20(21)14-17-6-2-1-3-7-17/h1-13,15H,14,16H2,(H,24,26). The first-order valence-electron chi connectivity index (χ1n) is 8.80. The summed E-state index contributed by atoms with van der Waals surface area (Å²) in [6, 6.07) is 23.5. The Morgan fingerprint density at radius 1 is 0.857 bits per heavy atom. The zero-order valence-corrected chi connectivity index (χ0v) is 15.1. The second-order valence-corrected chi connectivity index (χ2v) is 6.18. The van der Waals surface area contributed by atoms with Crippen LogP contribution in [0.1, 0.15) is 31.8 Å². The molecule has 1 amide bonds. The number of para-hydroxylation sites is 1. The Morgan fingerprint density at radius 3 is 2.25 bits per heavy atom. The molecule has 0 bridgehead atoms. The van der Waals surface area contributed by atoms with Gasteiger partial charge in [0.1, 0.15) is 6.29 Å². The van der Waals surface area contributed by atoms with Crippen LogP contribution in [-0.4, -0.2) is 24.8 Å². The highest BCUT2D eigenvalue weighted by Gasteiger charge is 2.12. The number of rotatable bonds is 7. The molecule has 0 aliphatic carbocycles. The number of esters is 1. The van der Waals surface area contributed by atoms with E-state index in [0.29, 0.717) is 24.0 Å². The van der Waals surface area contributed by atoms with Gasteiger partial charge in [-0.15, -0.1) is 0 Å². The Morgan fingerprint density at radius 2 is 1.54 bits per heavy atom. The number of hydrogen-bond acceptors (Lipinski definition) is 4. The van der Waals surface area contributed by atoms with Gasteiger partial charge in [0.05, 0.1) is 5.56 Å². The van der Waals surface area contributed by atoms with Crippen LogP contribution < -0.4 is 5.32 Å². The number of nitrogens with one attached hydrogen (secondary N) is 1. The number of carbonyl (C=O) groups is 3. The van der Waals surface area contributed by atoms with Crippen molar-refractivity contribution in [1.29, 1.82) is 0 Å². The first kappa shape index (κ1) is 19.0. The molecule has 0 aliphatic rings. The van der Waals surface area contributed by atoms with E-state index in [4.69, 9.17) is 4.74 Å². The molecule has 3 rings (SSSR count). The maximum atomic E-state index is 12.2. The molecule has 0 radical (unpaired) electrons. The first-order chi connectivity index (χ1) is 13.7. The minimum absolute atomic E-state index is 0.280. The third-order valence-corrected chi connectivity index (χ3v) is 4.15. The Balaban J connectivity index is 1.58. The van der Waals surface area contributed by atoms with Crippen molar-refractivity contribution in [3.05, 3.63) is 101 Å². The molecule has 140 valence electrons. The maximum absolute atomic E-state index is 12.2. The topological polar surface area (TPSA) is 72.5 Å². The van der Waals surface area contributed by atoms with E-state index in [9.17, 15) is 14.4 Å². The highest BCUT2D eigenvalue weighted by atomic mass is 16.5. The highest BCUT2D eigenvalue weighted by Crippen LogP contribution is 2.19. The fourth-order valence-corrected chi connectivity index (χ4v) is 2.71. The van der Waals surface area contributed by atoms with Crippen LogP contribution in [0.4, 0.5) is 5.69 Å². The lowest BCUT2D eigenvalue weighted by molar-refractivity contribution is -0.119. The molecule has 0 heterocycles. The van der Waals surface area contributed by atoms with Crippen molar-refractivity contribution in [3.8, 4) is 0 Å². The molecule has 3 aromatic carbocycles. The van der Waals surface area contributed by atoms with E-state index in [1.807, 2.05) is 54.6 Å². The predicted molar refractivity (Wildman–Crippen MR) is 106 cm³/mol. The normalized spacial score (nSPS) is 10.1. The lowest BCUT2D eigenvalue weighted by Crippen LogP contribution is -2.21. The molecule has 0 aliphatic heterocycles. The van der Waals surface area contributed by atoms with Gasteiger partial charge >= 0.3 is 5.97 Å². The van der Waals surface area contributed by atoms with Crippen LogP contribution in [0, 0.1) is 0 Å². The summed E-state index contributed by atoms with van der Waals surface area (Å²) in [4.78, 5) is 34.9. The van der Waals surface area contributed by atoms with Crippen molar-refractivity contribution in [3.63, 3.8) is 0 Å². The number of anilines is 1. The van der Waals surface area contributed by atoms with Gasteiger partial charge in [0.2, 0.25) is 0 Å². The average Bonchev–Trinajstić information content (AvgIpc) is 2.74. The van der Waals surface area contributed by atoms with Gasteiger partial charge in [-0.05, 0) is 35.7 Å². The summed E-state index contributed by atoms with van der Waals surface area (Å²) in [6.07, 6.45) is 1.37.